The molecule has 0 fully saturated rings. The van der Waals surface area contributed by atoms with Crippen molar-refractivity contribution in [3.05, 3.63) is 28.8 Å². The third kappa shape index (κ3) is 3.67. The summed E-state index contributed by atoms with van der Waals surface area (Å²) in [6.07, 6.45) is 1.01. The summed E-state index contributed by atoms with van der Waals surface area (Å²) in [4.78, 5) is 2.07. The van der Waals surface area contributed by atoms with Gasteiger partial charge in [-0.1, -0.05) is 24.6 Å². The predicted molar refractivity (Wildman–Crippen MR) is 65.8 cm³/mol. The number of benzene rings is 1. The highest BCUT2D eigenvalue weighted by atomic mass is 35.5. The van der Waals surface area contributed by atoms with E-state index >= 15 is 0 Å². The summed E-state index contributed by atoms with van der Waals surface area (Å²) in [5, 5.41) is 19.2. The molecule has 0 bridgehead atoms. The first-order valence-electron chi connectivity index (χ1n) is 5.48. The second kappa shape index (κ2) is 6.74. The summed E-state index contributed by atoms with van der Waals surface area (Å²) in [5.74, 6) is 0.214. The molecule has 3 nitrogen and oxygen atoms in total. The van der Waals surface area contributed by atoms with Crippen LogP contribution in [0.5, 0.6) is 5.75 Å². The fourth-order valence-corrected chi connectivity index (χ4v) is 1.88. The van der Waals surface area contributed by atoms with Crippen molar-refractivity contribution in [2.24, 2.45) is 0 Å². The van der Waals surface area contributed by atoms with E-state index < -0.39 is 0 Å². The maximum Gasteiger partial charge on any atom is 0.121 e. The molecular formula is C12H18ClNO2. The molecule has 0 aliphatic heterocycles. The molecule has 0 saturated carbocycles. The number of aliphatic hydroxyl groups is 1. The van der Waals surface area contributed by atoms with Crippen LogP contribution < -0.4 is 0 Å². The quantitative estimate of drug-likeness (QED) is 0.806. The third-order valence-corrected chi connectivity index (χ3v) is 2.79. The van der Waals surface area contributed by atoms with Crippen LogP contribution in [-0.2, 0) is 6.54 Å². The van der Waals surface area contributed by atoms with Crippen molar-refractivity contribution < 1.29 is 10.2 Å². The van der Waals surface area contributed by atoms with E-state index in [1.807, 2.05) is 0 Å². The largest absolute Gasteiger partial charge is 0.508 e. The van der Waals surface area contributed by atoms with E-state index in [0.29, 0.717) is 18.1 Å². The van der Waals surface area contributed by atoms with Crippen LogP contribution in [0.25, 0.3) is 0 Å². The zero-order valence-corrected chi connectivity index (χ0v) is 10.2. The van der Waals surface area contributed by atoms with E-state index in [1.54, 1.807) is 18.2 Å². The molecule has 1 rings (SSSR count). The number of aromatic hydroxyl groups is 1. The molecule has 0 aliphatic carbocycles. The van der Waals surface area contributed by atoms with Crippen molar-refractivity contribution in [2.45, 2.75) is 19.9 Å². The molecule has 90 valence electrons. The molecule has 0 spiro atoms. The molecule has 0 radical (unpaired) electrons. The van der Waals surface area contributed by atoms with Gasteiger partial charge < -0.3 is 10.2 Å². The summed E-state index contributed by atoms with van der Waals surface area (Å²) < 4.78 is 0. The fraction of sp³-hybridized carbons (Fsp3) is 0.500. The Hall–Kier alpha value is -0.770. The fourth-order valence-electron chi connectivity index (χ4n) is 1.65. The first-order valence-corrected chi connectivity index (χ1v) is 5.86. The summed E-state index contributed by atoms with van der Waals surface area (Å²) in [6, 6.07) is 5.11. The van der Waals surface area contributed by atoms with E-state index in [0.717, 1.165) is 18.5 Å². The number of phenols is 1. The average Bonchev–Trinajstić information content (AvgIpc) is 2.24. The van der Waals surface area contributed by atoms with E-state index in [9.17, 15) is 5.11 Å². The highest BCUT2D eigenvalue weighted by Crippen LogP contribution is 2.26. The number of rotatable bonds is 6. The first kappa shape index (κ1) is 13.3. The van der Waals surface area contributed by atoms with Gasteiger partial charge in [-0.3, -0.25) is 4.90 Å². The Kier molecular flexibility index (Phi) is 5.60. The second-order valence-corrected chi connectivity index (χ2v) is 4.14. The molecule has 16 heavy (non-hydrogen) atoms. The Bertz CT molecular complexity index is 305. The maximum absolute atomic E-state index is 9.70. The highest BCUT2D eigenvalue weighted by molar-refractivity contribution is 6.31. The lowest BCUT2D eigenvalue weighted by Gasteiger charge is -2.21. The van der Waals surface area contributed by atoms with Crippen molar-refractivity contribution >= 4 is 11.6 Å². The van der Waals surface area contributed by atoms with Gasteiger partial charge in [0.25, 0.3) is 0 Å². The van der Waals surface area contributed by atoms with Crippen LogP contribution in [0.15, 0.2) is 18.2 Å². The summed E-state index contributed by atoms with van der Waals surface area (Å²) >= 11 is 6.02. The lowest BCUT2D eigenvalue weighted by molar-refractivity contribution is 0.189. The first-order chi connectivity index (χ1) is 7.69. The molecule has 0 atom stereocenters. The highest BCUT2D eigenvalue weighted by Gasteiger charge is 2.10. The van der Waals surface area contributed by atoms with Crippen LogP contribution in [0.1, 0.15) is 18.9 Å². The third-order valence-electron chi connectivity index (χ3n) is 2.43. The van der Waals surface area contributed by atoms with Gasteiger partial charge in [0.1, 0.15) is 5.75 Å². The number of phenolic OH excluding ortho intramolecular Hbond substituents is 1. The minimum absolute atomic E-state index is 0.116. The number of aliphatic hydroxyl groups excluding tert-OH is 1. The van der Waals surface area contributed by atoms with Crippen molar-refractivity contribution in [3.63, 3.8) is 0 Å². The Morgan fingerprint density at radius 3 is 2.62 bits per heavy atom. The molecule has 0 unspecified atom stereocenters. The maximum atomic E-state index is 9.70. The Balaban J connectivity index is 2.76. The van der Waals surface area contributed by atoms with Gasteiger partial charge >= 0.3 is 0 Å². The van der Waals surface area contributed by atoms with Crippen LogP contribution in [0.2, 0.25) is 5.02 Å². The predicted octanol–water partition coefficient (Wildman–Crippen LogP) is 2.25. The molecule has 0 amide bonds. The lowest BCUT2D eigenvalue weighted by Crippen LogP contribution is -2.27. The SMILES string of the molecule is CCCN(CCO)Cc1c(O)cccc1Cl. The molecule has 1 aromatic rings. The number of hydrogen-bond acceptors (Lipinski definition) is 3. The lowest BCUT2D eigenvalue weighted by atomic mass is 10.2. The standard InChI is InChI=1S/C12H18ClNO2/c1-2-6-14(7-8-15)9-10-11(13)4-3-5-12(10)16/h3-5,15-16H,2,6-9H2,1H3. The van der Waals surface area contributed by atoms with Crippen molar-refractivity contribution in [1.29, 1.82) is 0 Å². The van der Waals surface area contributed by atoms with Crippen LogP contribution in [-0.4, -0.2) is 34.8 Å². The van der Waals surface area contributed by atoms with Crippen molar-refractivity contribution in [3.8, 4) is 5.75 Å². The molecule has 2 N–H and O–H groups in total. The summed E-state index contributed by atoms with van der Waals surface area (Å²) in [7, 11) is 0. The van der Waals surface area contributed by atoms with Gasteiger partial charge in [-0.05, 0) is 25.1 Å². The van der Waals surface area contributed by atoms with Crippen LogP contribution in [0, 0.1) is 0 Å². The Labute approximate surface area is 101 Å². The molecular weight excluding hydrogens is 226 g/mol. The van der Waals surface area contributed by atoms with E-state index in [4.69, 9.17) is 16.7 Å². The molecule has 1 aromatic carbocycles. The number of hydrogen-bond donors (Lipinski definition) is 2. The van der Waals surface area contributed by atoms with E-state index in [1.165, 1.54) is 0 Å². The number of nitrogens with zero attached hydrogens (tertiary/aromatic N) is 1. The molecule has 0 aliphatic rings. The Morgan fingerprint density at radius 2 is 2.06 bits per heavy atom. The second-order valence-electron chi connectivity index (χ2n) is 3.74. The minimum atomic E-state index is 0.116. The van der Waals surface area contributed by atoms with Gasteiger partial charge in [0.15, 0.2) is 0 Å². The molecule has 0 aromatic heterocycles. The number of halogens is 1. The summed E-state index contributed by atoms with van der Waals surface area (Å²) in [5.41, 5.74) is 0.728. The Morgan fingerprint density at radius 1 is 1.31 bits per heavy atom. The van der Waals surface area contributed by atoms with E-state index in [2.05, 4.69) is 11.8 Å². The van der Waals surface area contributed by atoms with Gasteiger partial charge in [0.05, 0.1) is 6.61 Å². The van der Waals surface area contributed by atoms with Gasteiger partial charge in [0, 0.05) is 23.7 Å². The van der Waals surface area contributed by atoms with Crippen LogP contribution in [0.3, 0.4) is 0 Å². The zero-order chi connectivity index (χ0) is 12.0. The smallest absolute Gasteiger partial charge is 0.121 e. The molecule has 4 heteroatoms. The average molecular weight is 244 g/mol. The van der Waals surface area contributed by atoms with E-state index in [-0.39, 0.29) is 12.4 Å². The van der Waals surface area contributed by atoms with Crippen LogP contribution >= 0.6 is 11.6 Å². The van der Waals surface area contributed by atoms with Gasteiger partial charge in [0.2, 0.25) is 0 Å². The van der Waals surface area contributed by atoms with Crippen molar-refractivity contribution in [2.75, 3.05) is 19.7 Å². The zero-order valence-electron chi connectivity index (χ0n) is 9.49. The minimum Gasteiger partial charge on any atom is -0.508 e. The van der Waals surface area contributed by atoms with Gasteiger partial charge in [-0.2, -0.15) is 0 Å². The van der Waals surface area contributed by atoms with Crippen LogP contribution in [0.4, 0.5) is 0 Å². The van der Waals surface area contributed by atoms with Gasteiger partial charge in [-0.25, -0.2) is 0 Å². The molecule has 0 saturated heterocycles. The summed E-state index contributed by atoms with van der Waals surface area (Å²) in [6.45, 7) is 4.24. The topological polar surface area (TPSA) is 43.7 Å². The van der Waals surface area contributed by atoms with Crippen molar-refractivity contribution in [1.82, 2.24) is 4.90 Å². The monoisotopic (exact) mass is 243 g/mol. The molecule has 0 heterocycles. The normalized spacial score (nSPS) is 11.0. The van der Waals surface area contributed by atoms with Gasteiger partial charge in [-0.15, -0.1) is 0 Å².